The first-order chi connectivity index (χ1) is 11.3. The van der Waals surface area contributed by atoms with Crippen LogP contribution in [0.25, 0.3) is 0 Å². The van der Waals surface area contributed by atoms with Gasteiger partial charge in [0.1, 0.15) is 0 Å². The zero-order valence-electron chi connectivity index (χ0n) is 14.5. The molecule has 7 heteroatoms. The Morgan fingerprint density at radius 2 is 1.92 bits per heavy atom. The molecule has 0 bridgehead atoms. The van der Waals surface area contributed by atoms with Gasteiger partial charge in [-0.15, -0.1) is 5.01 Å². The van der Waals surface area contributed by atoms with E-state index >= 15 is 0 Å². The number of nitrogens with zero attached hydrogens (tertiary/aromatic N) is 2. The number of amides is 3. The standard InChI is InChI=1S/C17H22N2O5/c1-6-17(13-9-7-8-12(4)10-13)14(20)18(15(21)24-11(2)3)19(17)16(22)23-5/h7-11H,6H2,1-5H3/t17-/m1/s1. The quantitative estimate of drug-likeness (QED) is 0.849. The minimum atomic E-state index is -1.27. The van der Waals surface area contributed by atoms with Crippen LogP contribution in [-0.2, 0) is 19.8 Å². The van der Waals surface area contributed by atoms with Crippen molar-refractivity contribution in [2.45, 2.75) is 45.8 Å². The number of hydrazine groups is 1. The second-order valence-electron chi connectivity index (χ2n) is 5.91. The van der Waals surface area contributed by atoms with E-state index in [1.165, 1.54) is 7.11 Å². The molecule has 1 aromatic carbocycles. The highest BCUT2D eigenvalue weighted by Crippen LogP contribution is 2.44. The first-order valence-electron chi connectivity index (χ1n) is 7.80. The fraction of sp³-hybridized carbons (Fsp3) is 0.471. The minimum Gasteiger partial charge on any atom is -0.451 e. The Hall–Kier alpha value is -2.57. The van der Waals surface area contributed by atoms with Gasteiger partial charge in [0.2, 0.25) is 0 Å². The second kappa shape index (κ2) is 6.51. The maximum atomic E-state index is 12.9. The lowest BCUT2D eigenvalue weighted by Crippen LogP contribution is -2.77. The number of rotatable bonds is 3. The number of carbonyl (C=O) groups excluding carboxylic acids is 3. The van der Waals surface area contributed by atoms with Crippen molar-refractivity contribution < 1.29 is 23.9 Å². The summed E-state index contributed by atoms with van der Waals surface area (Å²) < 4.78 is 9.85. The maximum absolute atomic E-state index is 12.9. The number of hydrogen-bond acceptors (Lipinski definition) is 5. The van der Waals surface area contributed by atoms with Crippen LogP contribution in [0.15, 0.2) is 24.3 Å². The highest BCUT2D eigenvalue weighted by atomic mass is 16.6. The predicted octanol–water partition coefficient (Wildman–Crippen LogP) is 2.97. The molecule has 0 aliphatic carbocycles. The van der Waals surface area contributed by atoms with E-state index in [2.05, 4.69) is 0 Å². The van der Waals surface area contributed by atoms with Crippen LogP contribution in [-0.4, -0.2) is 41.3 Å². The first-order valence-corrected chi connectivity index (χ1v) is 7.80. The summed E-state index contributed by atoms with van der Waals surface area (Å²) in [7, 11) is 1.20. The molecule has 0 aromatic heterocycles. The van der Waals surface area contributed by atoms with Gasteiger partial charge in [-0.05, 0) is 32.8 Å². The Bertz CT molecular complexity index is 673. The van der Waals surface area contributed by atoms with Gasteiger partial charge in [0.05, 0.1) is 13.2 Å². The van der Waals surface area contributed by atoms with Crippen molar-refractivity contribution in [2.24, 2.45) is 0 Å². The molecule has 1 fully saturated rings. The lowest BCUT2D eigenvalue weighted by atomic mass is 9.81. The molecule has 0 unspecified atom stereocenters. The molecule has 1 aromatic rings. The number of hydrogen-bond donors (Lipinski definition) is 0. The van der Waals surface area contributed by atoms with Crippen LogP contribution in [0.1, 0.15) is 38.3 Å². The summed E-state index contributed by atoms with van der Waals surface area (Å²) >= 11 is 0. The Morgan fingerprint density at radius 3 is 2.42 bits per heavy atom. The van der Waals surface area contributed by atoms with Gasteiger partial charge in [-0.2, -0.15) is 5.01 Å². The fourth-order valence-electron chi connectivity index (χ4n) is 2.88. The lowest BCUT2D eigenvalue weighted by molar-refractivity contribution is -0.203. The summed E-state index contributed by atoms with van der Waals surface area (Å²) in [5.41, 5.74) is 0.310. The van der Waals surface area contributed by atoms with Crippen LogP contribution in [0.2, 0.25) is 0 Å². The summed E-state index contributed by atoms with van der Waals surface area (Å²) in [6.45, 7) is 7.00. The van der Waals surface area contributed by atoms with Gasteiger partial charge in [-0.1, -0.05) is 36.8 Å². The molecule has 130 valence electrons. The number of ether oxygens (including phenoxy) is 2. The molecule has 1 aliphatic rings. The van der Waals surface area contributed by atoms with E-state index in [1.807, 2.05) is 19.1 Å². The van der Waals surface area contributed by atoms with Gasteiger partial charge in [-0.25, -0.2) is 9.59 Å². The van der Waals surface area contributed by atoms with Gasteiger partial charge >= 0.3 is 12.2 Å². The molecule has 1 saturated heterocycles. The molecule has 1 heterocycles. The van der Waals surface area contributed by atoms with Crippen LogP contribution in [0.5, 0.6) is 0 Å². The van der Waals surface area contributed by atoms with Crippen molar-refractivity contribution in [3.8, 4) is 0 Å². The van der Waals surface area contributed by atoms with E-state index < -0.39 is 29.7 Å². The number of carbonyl (C=O) groups is 3. The fourth-order valence-corrected chi connectivity index (χ4v) is 2.88. The maximum Gasteiger partial charge on any atom is 0.436 e. The van der Waals surface area contributed by atoms with Gasteiger partial charge in [0.25, 0.3) is 5.91 Å². The average molecular weight is 334 g/mol. The zero-order valence-corrected chi connectivity index (χ0v) is 14.5. The summed E-state index contributed by atoms with van der Waals surface area (Å²) in [6.07, 6.45) is -1.80. The predicted molar refractivity (Wildman–Crippen MR) is 85.9 cm³/mol. The van der Waals surface area contributed by atoms with Crippen molar-refractivity contribution in [1.29, 1.82) is 0 Å². The Kier molecular flexibility index (Phi) is 4.82. The summed E-state index contributed by atoms with van der Waals surface area (Å²) in [6, 6.07) is 7.28. The van der Waals surface area contributed by atoms with E-state index in [1.54, 1.807) is 32.9 Å². The zero-order chi connectivity index (χ0) is 18.1. The van der Waals surface area contributed by atoms with Crippen molar-refractivity contribution in [3.05, 3.63) is 35.4 Å². The number of methoxy groups -OCH3 is 1. The largest absolute Gasteiger partial charge is 0.451 e. The number of imide groups is 1. The SMILES string of the molecule is CC[C@@]1(c2cccc(C)c2)C(=O)N(C(=O)OC(C)C)N1C(=O)OC. The van der Waals surface area contributed by atoms with Crippen LogP contribution in [0, 0.1) is 6.92 Å². The first kappa shape index (κ1) is 17.8. The monoisotopic (exact) mass is 334 g/mol. The van der Waals surface area contributed by atoms with Crippen LogP contribution in [0.4, 0.5) is 9.59 Å². The molecule has 1 aliphatic heterocycles. The van der Waals surface area contributed by atoms with Gasteiger partial charge in [0.15, 0.2) is 5.54 Å². The third kappa shape index (κ3) is 2.60. The molecular weight excluding hydrogens is 312 g/mol. The van der Waals surface area contributed by atoms with E-state index in [0.717, 1.165) is 10.6 Å². The van der Waals surface area contributed by atoms with Crippen molar-refractivity contribution in [1.82, 2.24) is 10.0 Å². The highest BCUT2D eigenvalue weighted by molar-refractivity contribution is 6.06. The molecule has 0 N–H and O–H groups in total. The van der Waals surface area contributed by atoms with E-state index in [9.17, 15) is 14.4 Å². The Labute approximate surface area is 141 Å². The molecule has 24 heavy (non-hydrogen) atoms. The van der Waals surface area contributed by atoms with Crippen LogP contribution >= 0.6 is 0 Å². The topological polar surface area (TPSA) is 76.2 Å². The van der Waals surface area contributed by atoms with Crippen molar-refractivity contribution >= 4 is 18.1 Å². The van der Waals surface area contributed by atoms with E-state index in [0.29, 0.717) is 17.0 Å². The molecule has 1 atom stereocenters. The second-order valence-corrected chi connectivity index (χ2v) is 5.91. The van der Waals surface area contributed by atoms with Crippen molar-refractivity contribution in [3.63, 3.8) is 0 Å². The van der Waals surface area contributed by atoms with Gasteiger partial charge in [0, 0.05) is 0 Å². The smallest absolute Gasteiger partial charge is 0.436 e. The van der Waals surface area contributed by atoms with Gasteiger partial charge in [-0.3, -0.25) is 4.79 Å². The summed E-state index contributed by atoms with van der Waals surface area (Å²) in [5, 5.41) is 1.74. The van der Waals surface area contributed by atoms with Crippen LogP contribution in [0.3, 0.4) is 0 Å². The molecule has 3 amide bonds. The van der Waals surface area contributed by atoms with E-state index in [-0.39, 0.29) is 0 Å². The summed E-state index contributed by atoms with van der Waals surface area (Å²) in [5.74, 6) is -0.508. The Morgan fingerprint density at radius 1 is 1.25 bits per heavy atom. The number of aryl methyl sites for hydroxylation is 1. The lowest BCUT2D eigenvalue weighted by Gasteiger charge is -2.54. The molecule has 0 radical (unpaired) electrons. The highest BCUT2D eigenvalue weighted by Gasteiger charge is 2.65. The molecule has 0 spiro atoms. The Balaban J connectivity index is 2.50. The van der Waals surface area contributed by atoms with Gasteiger partial charge < -0.3 is 9.47 Å². The van der Waals surface area contributed by atoms with Crippen LogP contribution < -0.4 is 0 Å². The molecular formula is C17H22N2O5. The third-order valence-electron chi connectivity index (χ3n) is 3.97. The third-order valence-corrected chi connectivity index (χ3v) is 3.97. The summed E-state index contributed by atoms with van der Waals surface area (Å²) in [4.78, 5) is 37.3. The molecule has 0 saturated carbocycles. The normalized spacial score (nSPS) is 20.0. The average Bonchev–Trinajstić information content (AvgIpc) is 2.52. The minimum absolute atomic E-state index is 0.301. The van der Waals surface area contributed by atoms with E-state index in [4.69, 9.17) is 9.47 Å². The number of benzene rings is 1. The molecule has 2 rings (SSSR count). The van der Waals surface area contributed by atoms with Crippen molar-refractivity contribution in [2.75, 3.05) is 7.11 Å². The molecule has 7 nitrogen and oxygen atoms in total.